The molecule has 1 fully saturated rings. The zero-order valence-corrected chi connectivity index (χ0v) is 37.1. The van der Waals surface area contributed by atoms with Crippen LogP contribution in [0.4, 0.5) is 0 Å². The molecule has 2 aromatic heterocycles. The first-order chi connectivity index (χ1) is 29.6. The van der Waals surface area contributed by atoms with E-state index in [1.807, 2.05) is 42.5 Å². The van der Waals surface area contributed by atoms with Gasteiger partial charge in [-0.15, -0.1) is 29.3 Å². The van der Waals surface area contributed by atoms with Crippen molar-refractivity contribution in [2.75, 3.05) is 0 Å². The summed E-state index contributed by atoms with van der Waals surface area (Å²) in [6, 6.07) is 52.8. The third-order valence-corrected chi connectivity index (χ3v) is 12.9. The van der Waals surface area contributed by atoms with Crippen LogP contribution in [0.1, 0.15) is 86.7 Å². The molecule has 0 radical (unpaired) electrons. The van der Waals surface area contributed by atoms with Gasteiger partial charge in [0.15, 0.2) is 0 Å². The van der Waals surface area contributed by atoms with Crippen molar-refractivity contribution in [2.45, 2.75) is 83.4 Å². The Hall–Kier alpha value is -5.57. The summed E-state index contributed by atoms with van der Waals surface area (Å²) in [5.74, 6) is 0.827. The number of hydrogen-bond donors (Lipinski definition) is 1. The van der Waals surface area contributed by atoms with E-state index in [4.69, 9.17) is 14.1 Å². The van der Waals surface area contributed by atoms with E-state index in [0.717, 1.165) is 81.5 Å². The molecule has 60 heavy (non-hydrogen) atoms. The maximum Gasteiger partial charge on any atom is 0.148 e. The molecule has 2 heterocycles. The van der Waals surface area contributed by atoms with E-state index in [1.54, 1.807) is 24.4 Å². The van der Waals surface area contributed by atoms with Crippen molar-refractivity contribution >= 4 is 11.0 Å². The number of hydrogen-bond acceptors (Lipinski definition) is 3. The summed E-state index contributed by atoms with van der Waals surface area (Å²) in [5.41, 5.74) is 12.9. The Labute approximate surface area is 373 Å². The van der Waals surface area contributed by atoms with Crippen molar-refractivity contribution in [1.29, 1.82) is 0 Å². The number of nitrogens with zero attached hydrogens (tertiary/aromatic N) is 3. The van der Waals surface area contributed by atoms with Crippen molar-refractivity contribution in [1.82, 2.24) is 14.5 Å². The van der Waals surface area contributed by atoms with Crippen LogP contribution in [-0.4, -0.2) is 19.6 Å². The molecule has 9 rings (SSSR count). The second-order valence-corrected chi connectivity index (χ2v) is 17.9. The van der Waals surface area contributed by atoms with Crippen LogP contribution in [0.25, 0.3) is 61.6 Å². The second kappa shape index (κ2) is 16.1. The largest absolute Gasteiger partial charge is 0.507 e. The fourth-order valence-corrected chi connectivity index (χ4v) is 8.91. The summed E-state index contributed by atoms with van der Waals surface area (Å²) in [5, 5.41) is 11.3. The van der Waals surface area contributed by atoms with E-state index in [0.29, 0.717) is 17.0 Å². The maximum atomic E-state index is 11.3. The molecular formula is C55H52N3OPt-. The average molecular weight is 969 g/mol. The molecule has 4 nitrogen and oxygen atoms in total. The SMILES string of the molecule is [2H]C([2H])([2H])c1ccc(-c2ccnc(-c3[c-]c(-c4cccc5c4nc(-c4ccccc4O)n5-c4ccc(C5(C)CCC(C)(c6ccccc6)CC5)cc4)cc(C(C)(C)C)c3)c2)cc1.[Pt]. The number of aromatic nitrogens is 3. The molecule has 0 atom stereocenters. The molecular weight excluding hydrogens is 914 g/mol. The molecule has 1 aliphatic rings. The molecule has 1 saturated carbocycles. The Morgan fingerprint density at radius 3 is 1.97 bits per heavy atom. The molecule has 8 aromatic rings. The number of benzene rings is 6. The van der Waals surface area contributed by atoms with E-state index in [-0.39, 0.29) is 43.1 Å². The van der Waals surface area contributed by atoms with Gasteiger partial charge >= 0.3 is 0 Å². The van der Waals surface area contributed by atoms with Gasteiger partial charge in [0.2, 0.25) is 0 Å². The molecule has 6 aromatic carbocycles. The smallest absolute Gasteiger partial charge is 0.148 e. The number of imidazole rings is 1. The standard InChI is InChI=1S/C55H52N3O.Pt/c1-37-19-21-38(22-20-37)39-27-32-56-48(36-39)41-33-40(34-44(35-41)53(2,3)4)46-16-12-17-49-51(46)57-52(47-15-10-11-18-50(47)59)58(49)45-25-23-43(24-26-45)55(6)30-28-54(5,29-31-55)42-13-8-7-9-14-42;/h7-27,32,34-36,59H,28-31H2,1-6H3;/q-1;/i1D3;. The first-order valence-corrected chi connectivity index (χ1v) is 20.7. The van der Waals surface area contributed by atoms with Crippen molar-refractivity contribution < 1.29 is 30.3 Å². The molecule has 1 aliphatic carbocycles. The first kappa shape index (κ1) is 37.4. The van der Waals surface area contributed by atoms with Gasteiger partial charge < -0.3 is 5.11 Å². The summed E-state index contributed by atoms with van der Waals surface area (Å²) in [6.45, 7) is 9.29. The summed E-state index contributed by atoms with van der Waals surface area (Å²) in [7, 11) is 0. The predicted molar refractivity (Wildman–Crippen MR) is 244 cm³/mol. The zero-order chi connectivity index (χ0) is 43.4. The van der Waals surface area contributed by atoms with Crippen LogP contribution < -0.4 is 0 Å². The molecule has 1 N–H and O–H groups in total. The van der Waals surface area contributed by atoms with Crippen LogP contribution in [0.2, 0.25) is 0 Å². The quantitative estimate of drug-likeness (QED) is 0.162. The van der Waals surface area contributed by atoms with Crippen LogP contribution >= 0.6 is 0 Å². The summed E-state index contributed by atoms with van der Waals surface area (Å²) >= 11 is 0. The van der Waals surface area contributed by atoms with Gasteiger partial charge in [-0.1, -0.05) is 148 Å². The number of aromatic hydroxyl groups is 1. The molecule has 0 amide bonds. The molecule has 0 aliphatic heterocycles. The van der Waals surface area contributed by atoms with E-state index in [9.17, 15) is 5.11 Å². The molecule has 0 bridgehead atoms. The van der Waals surface area contributed by atoms with Gasteiger partial charge in [0.1, 0.15) is 11.6 Å². The number of phenolic OH excluding ortho intramolecular Hbond substituents is 1. The number of aryl methyl sites for hydroxylation is 1. The van der Waals surface area contributed by atoms with Gasteiger partial charge in [-0.25, -0.2) is 4.98 Å². The zero-order valence-electron chi connectivity index (χ0n) is 37.9. The van der Waals surface area contributed by atoms with Gasteiger partial charge in [0.25, 0.3) is 0 Å². The number of fused-ring (bicyclic) bond motifs is 1. The number of para-hydroxylation sites is 2. The van der Waals surface area contributed by atoms with E-state index in [1.165, 1.54) is 11.1 Å². The van der Waals surface area contributed by atoms with Gasteiger partial charge in [-0.05, 0) is 107 Å². The Morgan fingerprint density at radius 1 is 0.667 bits per heavy atom. The fourth-order valence-electron chi connectivity index (χ4n) is 8.91. The van der Waals surface area contributed by atoms with Gasteiger partial charge in [-0.3, -0.25) is 9.55 Å². The minimum Gasteiger partial charge on any atom is -0.507 e. The van der Waals surface area contributed by atoms with Crippen LogP contribution in [0, 0.1) is 12.9 Å². The van der Waals surface area contributed by atoms with Gasteiger partial charge in [0, 0.05) is 42.8 Å². The third-order valence-electron chi connectivity index (χ3n) is 12.9. The van der Waals surface area contributed by atoms with Crippen LogP contribution in [0.3, 0.4) is 0 Å². The van der Waals surface area contributed by atoms with Crippen LogP contribution in [-0.2, 0) is 37.3 Å². The van der Waals surface area contributed by atoms with Crippen LogP contribution in [0.5, 0.6) is 5.75 Å². The summed E-state index contributed by atoms with van der Waals surface area (Å²) in [6.07, 6.45) is 6.30. The summed E-state index contributed by atoms with van der Waals surface area (Å²) in [4.78, 5) is 10.2. The van der Waals surface area contributed by atoms with E-state index < -0.39 is 6.85 Å². The molecule has 304 valence electrons. The molecule has 0 saturated heterocycles. The Kier molecular flexibility index (Phi) is 10.1. The number of rotatable bonds is 7. The van der Waals surface area contributed by atoms with E-state index >= 15 is 0 Å². The minimum atomic E-state index is -2.16. The van der Waals surface area contributed by atoms with Crippen molar-refractivity contribution in [2.24, 2.45) is 0 Å². The van der Waals surface area contributed by atoms with Crippen LogP contribution in [0.15, 0.2) is 152 Å². The fraction of sp³-hybridized carbons (Fsp3) is 0.236. The molecule has 0 unspecified atom stereocenters. The van der Waals surface area contributed by atoms with E-state index in [2.05, 4.69) is 130 Å². The van der Waals surface area contributed by atoms with Crippen molar-refractivity contribution in [3.05, 3.63) is 180 Å². The topological polar surface area (TPSA) is 50.9 Å². The van der Waals surface area contributed by atoms with Gasteiger partial charge in [-0.2, -0.15) is 0 Å². The predicted octanol–water partition coefficient (Wildman–Crippen LogP) is 14.0. The first-order valence-electron chi connectivity index (χ1n) is 22.2. The monoisotopic (exact) mass is 968 g/mol. The molecule has 0 spiro atoms. The van der Waals surface area contributed by atoms with Crippen molar-refractivity contribution in [3.8, 4) is 56.3 Å². The summed E-state index contributed by atoms with van der Waals surface area (Å²) < 4.78 is 25.6. The normalized spacial score (nSPS) is 18.9. The molecule has 5 heteroatoms. The number of phenols is 1. The Bertz CT molecular complexity index is 2910. The Balaban J connectivity index is 0.00000544. The minimum absolute atomic E-state index is 0. The van der Waals surface area contributed by atoms with Gasteiger partial charge in [0.05, 0.1) is 16.6 Å². The maximum absolute atomic E-state index is 11.3. The third kappa shape index (κ3) is 7.79. The number of pyridine rings is 1. The Morgan fingerprint density at radius 2 is 1.30 bits per heavy atom. The second-order valence-electron chi connectivity index (χ2n) is 17.9. The van der Waals surface area contributed by atoms with Crippen molar-refractivity contribution in [3.63, 3.8) is 0 Å². The average Bonchev–Trinajstić information content (AvgIpc) is 3.67.